The summed E-state index contributed by atoms with van der Waals surface area (Å²) in [4.78, 5) is 25.2. The first-order valence-corrected chi connectivity index (χ1v) is 11.8. The van der Waals surface area contributed by atoms with Crippen LogP contribution in [-0.2, 0) is 19.1 Å². The van der Waals surface area contributed by atoms with Crippen LogP contribution in [0.2, 0.25) is 0 Å². The Morgan fingerprint density at radius 3 is 2.81 bits per heavy atom. The molecule has 31 heavy (non-hydrogen) atoms. The fourth-order valence-electron chi connectivity index (χ4n) is 8.12. The Hall–Kier alpha value is -1.34. The number of rotatable bonds is 4. The molecule has 6 heteroatoms. The third kappa shape index (κ3) is 2.65. The van der Waals surface area contributed by atoms with Crippen LogP contribution in [0.15, 0.2) is 23.8 Å². The van der Waals surface area contributed by atoms with Gasteiger partial charge < -0.3 is 19.7 Å². The van der Waals surface area contributed by atoms with Gasteiger partial charge in [-0.2, -0.15) is 0 Å². The third-order valence-electron chi connectivity index (χ3n) is 9.37. The number of carbonyl (C=O) groups is 2. The van der Waals surface area contributed by atoms with Gasteiger partial charge in [0.25, 0.3) is 0 Å². The molecule has 0 aromatic carbocycles. The summed E-state index contributed by atoms with van der Waals surface area (Å²) in [5, 5.41) is 21.4. The van der Waals surface area contributed by atoms with E-state index in [4.69, 9.17) is 9.47 Å². The molecule has 0 bridgehead atoms. The van der Waals surface area contributed by atoms with Crippen LogP contribution < -0.4 is 0 Å². The van der Waals surface area contributed by atoms with Crippen LogP contribution in [0.5, 0.6) is 0 Å². The fraction of sp³-hybridized carbons (Fsp3) is 0.760. The van der Waals surface area contributed by atoms with Crippen molar-refractivity contribution in [1.82, 2.24) is 0 Å². The molecule has 0 aromatic heterocycles. The lowest BCUT2D eigenvalue weighted by atomic mass is 9.46. The van der Waals surface area contributed by atoms with Crippen LogP contribution in [0, 0.1) is 28.6 Å². The van der Waals surface area contributed by atoms with Crippen molar-refractivity contribution in [3.05, 3.63) is 23.8 Å². The van der Waals surface area contributed by atoms with Crippen molar-refractivity contribution in [2.75, 3.05) is 6.61 Å². The molecule has 5 rings (SSSR count). The summed E-state index contributed by atoms with van der Waals surface area (Å²) < 4.78 is 12.7. The van der Waals surface area contributed by atoms with Gasteiger partial charge in [0.05, 0.1) is 12.2 Å². The average molecular weight is 431 g/mol. The highest BCUT2D eigenvalue weighted by Crippen LogP contribution is 2.69. The molecule has 9 atom stereocenters. The summed E-state index contributed by atoms with van der Waals surface area (Å²) in [6.45, 7) is 5.67. The molecule has 170 valence electrons. The lowest BCUT2D eigenvalue weighted by molar-refractivity contribution is -0.200. The highest BCUT2D eigenvalue weighted by atomic mass is 16.7. The molecule has 2 N–H and O–H groups in total. The molecule has 0 aromatic rings. The molecule has 0 amide bonds. The third-order valence-corrected chi connectivity index (χ3v) is 9.37. The van der Waals surface area contributed by atoms with E-state index in [0.717, 1.165) is 24.8 Å². The highest BCUT2D eigenvalue weighted by Gasteiger charge is 2.75. The van der Waals surface area contributed by atoms with E-state index >= 15 is 0 Å². The number of carbonyl (C=O) groups excluding carboxylic acids is 2. The van der Waals surface area contributed by atoms with Gasteiger partial charge in [0.2, 0.25) is 0 Å². The minimum atomic E-state index is -1.20. The van der Waals surface area contributed by atoms with Crippen molar-refractivity contribution in [3.63, 3.8) is 0 Å². The Bertz CT molecular complexity index is 862. The van der Waals surface area contributed by atoms with Crippen molar-refractivity contribution in [2.45, 2.75) is 83.4 Å². The smallest absolute Gasteiger partial charge is 0.193 e. The van der Waals surface area contributed by atoms with E-state index in [-0.39, 0.29) is 34.7 Å². The van der Waals surface area contributed by atoms with Gasteiger partial charge in [-0.3, -0.25) is 9.59 Å². The summed E-state index contributed by atoms with van der Waals surface area (Å²) in [7, 11) is 0. The molecule has 1 aliphatic heterocycles. The number of fused-ring (bicyclic) bond motifs is 7. The molecule has 5 aliphatic rings. The van der Waals surface area contributed by atoms with Gasteiger partial charge in [-0.25, -0.2) is 0 Å². The van der Waals surface area contributed by atoms with Crippen LogP contribution in [-0.4, -0.2) is 52.5 Å². The topological polar surface area (TPSA) is 93.1 Å². The second kappa shape index (κ2) is 7.08. The second-order valence-corrected chi connectivity index (χ2v) is 10.7. The zero-order chi connectivity index (χ0) is 22.2. The van der Waals surface area contributed by atoms with Crippen LogP contribution >= 0.6 is 0 Å². The molecule has 4 aliphatic carbocycles. The zero-order valence-electron chi connectivity index (χ0n) is 18.7. The lowest BCUT2D eigenvalue weighted by Gasteiger charge is -2.59. The number of aliphatic hydroxyl groups is 2. The molecule has 6 nitrogen and oxygen atoms in total. The summed E-state index contributed by atoms with van der Waals surface area (Å²) in [5.74, 6) is 0.0274. The Labute approximate surface area is 183 Å². The number of hydrogen-bond donors (Lipinski definition) is 2. The first-order chi connectivity index (χ1) is 14.7. The van der Waals surface area contributed by atoms with E-state index in [2.05, 4.69) is 20.8 Å². The van der Waals surface area contributed by atoms with Crippen molar-refractivity contribution in [2.24, 2.45) is 28.6 Å². The summed E-state index contributed by atoms with van der Waals surface area (Å²) in [6.07, 6.45) is 8.31. The molecule has 0 unspecified atom stereocenters. The van der Waals surface area contributed by atoms with E-state index in [1.165, 1.54) is 0 Å². The Morgan fingerprint density at radius 1 is 1.32 bits per heavy atom. The maximum Gasteiger partial charge on any atom is 0.193 e. The summed E-state index contributed by atoms with van der Waals surface area (Å²) in [5.41, 5.74) is -1.05. The van der Waals surface area contributed by atoms with E-state index in [1.54, 1.807) is 12.2 Å². The second-order valence-electron chi connectivity index (χ2n) is 10.7. The molecule has 1 saturated heterocycles. The maximum absolute atomic E-state index is 13.2. The van der Waals surface area contributed by atoms with E-state index in [1.807, 2.05) is 6.08 Å². The molecule has 4 fully saturated rings. The predicted molar refractivity (Wildman–Crippen MR) is 113 cm³/mol. The Kier molecular flexibility index (Phi) is 4.91. The Balaban J connectivity index is 1.55. The van der Waals surface area contributed by atoms with Crippen LogP contribution in [0.1, 0.15) is 59.3 Å². The Morgan fingerprint density at radius 2 is 2.10 bits per heavy atom. The summed E-state index contributed by atoms with van der Waals surface area (Å²) in [6, 6.07) is 0. The van der Waals surface area contributed by atoms with Crippen LogP contribution in [0.3, 0.4) is 0 Å². The molecule has 3 saturated carbocycles. The van der Waals surface area contributed by atoms with Gasteiger partial charge in [0, 0.05) is 16.7 Å². The van der Waals surface area contributed by atoms with Gasteiger partial charge in [-0.15, -0.1) is 0 Å². The van der Waals surface area contributed by atoms with Crippen molar-refractivity contribution < 1.29 is 29.3 Å². The van der Waals surface area contributed by atoms with E-state index in [0.29, 0.717) is 19.3 Å². The fourth-order valence-corrected chi connectivity index (χ4v) is 8.12. The van der Waals surface area contributed by atoms with Crippen LogP contribution in [0.4, 0.5) is 0 Å². The van der Waals surface area contributed by atoms with Gasteiger partial charge in [-0.1, -0.05) is 38.8 Å². The minimum Gasteiger partial charge on any atom is -0.393 e. The SMILES string of the molecule is CCC[C@@H]1O[C@@H]2C[C@H]3[C@@H]4CCC5=CC(=O)C=C[C@@]5(C)[C@H]4[C@@H](O)C[C@@]3(C)[C@@]2(C(=O)CO)O1. The van der Waals surface area contributed by atoms with Crippen molar-refractivity contribution >= 4 is 11.6 Å². The number of ketones is 2. The number of aliphatic hydroxyl groups excluding tert-OH is 2. The largest absolute Gasteiger partial charge is 0.393 e. The molecular weight excluding hydrogens is 396 g/mol. The first-order valence-electron chi connectivity index (χ1n) is 11.8. The van der Waals surface area contributed by atoms with Crippen LogP contribution in [0.25, 0.3) is 0 Å². The normalized spacial score (nSPS) is 50.4. The molecule has 0 radical (unpaired) electrons. The monoisotopic (exact) mass is 430 g/mol. The summed E-state index contributed by atoms with van der Waals surface area (Å²) >= 11 is 0. The number of ether oxygens (including phenoxy) is 2. The van der Waals surface area contributed by atoms with E-state index in [9.17, 15) is 19.8 Å². The van der Waals surface area contributed by atoms with Gasteiger partial charge in [0.15, 0.2) is 23.5 Å². The molecule has 1 heterocycles. The number of Topliss-reactive ketones (excluding diaryl/α,β-unsaturated/α-hetero) is 1. The highest BCUT2D eigenvalue weighted by molar-refractivity contribution is 6.01. The zero-order valence-corrected chi connectivity index (χ0v) is 18.7. The predicted octanol–water partition coefficient (Wildman–Crippen LogP) is 2.72. The van der Waals surface area contributed by atoms with Crippen molar-refractivity contribution in [1.29, 1.82) is 0 Å². The average Bonchev–Trinajstić information content (AvgIpc) is 3.20. The first kappa shape index (κ1) is 21.5. The van der Waals surface area contributed by atoms with Gasteiger partial charge in [0.1, 0.15) is 6.61 Å². The standard InChI is InChI=1S/C25H34O6/c1-4-5-21-30-20-11-17-16-7-6-14-10-15(27)8-9-23(14,2)22(16)18(28)12-24(17,3)25(20,31-21)19(29)13-26/h8-10,16-18,20-22,26,28H,4-7,11-13H2,1-3H3/t16-,17-,18-,20+,21+,22+,23+,24+,25-/m0/s1. The van der Waals surface area contributed by atoms with Gasteiger partial charge in [-0.05, 0) is 56.1 Å². The lowest BCUT2D eigenvalue weighted by Crippen LogP contribution is -2.63. The molecule has 0 spiro atoms. The molecular formula is C25H34O6. The maximum atomic E-state index is 13.2. The van der Waals surface area contributed by atoms with E-state index < -0.39 is 36.1 Å². The minimum absolute atomic E-state index is 0.0125. The number of allylic oxidation sites excluding steroid dienone is 4. The van der Waals surface area contributed by atoms with Crippen molar-refractivity contribution in [3.8, 4) is 0 Å². The van der Waals surface area contributed by atoms with Gasteiger partial charge >= 0.3 is 0 Å². The number of hydrogen-bond acceptors (Lipinski definition) is 6. The quantitative estimate of drug-likeness (QED) is 0.712.